The zero-order valence-corrected chi connectivity index (χ0v) is 21.9. The van der Waals surface area contributed by atoms with Gasteiger partial charge in [-0.25, -0.2) is 0 Å². The number of amidine groups is 1. The molecule has 0 atom stereocenters. The highest BCUT2D eigenvalue weighted by Gasteiger charge is 2.10. The van der Waals surface area contributed by atoms with Crippen LogP contribution in [-0.2, 0) is 12.8 Å². The molecule has 0 heterocycles. The van der Waals surface area contributed by atoms with Crippen LogP contribution in [0.2, 0.25) is 0 Å². The van der Waals surface area contributed by atoms with Crippen molar-refractivity contribution in [3.05, 3.63) is 64.2 Å². The lowest BCUT2D eigenvalue weighted by Gasteiger charge is -2.16. The molecule has 2 aromatic rings. The van der Waals surface area contributed by atoms with Crippen LogP contribution in [0.4, 0.5) is 0 Å². The molecule has 0 saturated carbocycles. The van der Waals surface area contributed by atoms with Gasteiger partial charge < -0.3 is 15.4 Å². The van der Waals surface area contributed by atoms with Crippen LogP contribution < -0.4 is 10.5 Å². The van der Waals surface area contributed by atoms with Gasteiger partial charge >= 0.3 is 0 Å². The molecule has 4 nitrogen and oxygen atoms in total. The molecule has 0 spiro atoms. The Balaban J connectivity index is 1.95. The minimum atomic E-state index is 0.133. The van der Waals surface area contributed by atoms with Gasteiger partial charge in [-0.3, -0.25) is 0 Å². The highest BCUT2D eigenvalue weighted by Crippen LogP contribution is 2.24. The quantitative estimate of drug-likeness (QED) is 0.170. The van der Waals surface area contributed by atoms with E-state index in [0.29, 0.717) is 5.84 Å². The second-order valence-corrected chi connectivity index (χ2v) is 9.27. The van der Waals surface area contributed by atoms with Gasteiger partial charge in [0.1, 0.15) is 11.6 Å². The lowest BCUT2D eigenvalue weighted by atomic mass is 10.0. The number of nitrogens with zero attached hydrogens (tertiary/aromatic N) is 2. The average Bonchev–Trinajstić information content (AvgIpc) is 2.80. The van der Waals surface area contributed by atoms with E-state index in [1.165, 1.54) is 48.8 Å². The maximum Gasteiger partial charge on any atom is 0.290 e. The normalized spacial score (nSPS) is 11.8. The monoisotopic (exact) mass is 467 g/mol. The Bertz CT molecular complexity index is 921. The molecule has 0 radical (unpaired) electrons. The van der Waals surface area contributed by atoms with Crippen molar-refractivity contribution in [1.29, 1.82) is 0 Å². The molecule has 33 heavy (non-hydrogen) atoms. The van der Waals surface area contributed by atoms with E-state index in [0.717, 1.165) is 42.8 Å². The van der Waals surface area contributed by atoms with Crippen molar-refractivity contribution in [2.45, 2.75) is 72.6 Å². The molecule has 2 N–H and O–H groups in total. The summed E-state index contributed by atoms with van der Waals surface area (Å²) in [5.74, 6) is 1.11. The lowest BCUT2D eigenvalue weighted by Crippen LogP contribution is -2.20. The molecule has 2 aromatic carbocycles. The van der Waals surface area contributed by atoms with Gasteiger partial charge in [0.05, 0.1) is 0 Å². The summed E-state index contributed by atoms with van der Waals surface area (Å²) < 4.78 is 5.88. The molecule has 0 aliphatic heterocycles. The van der Waals surface area contributed by atoms with Crippen LogP contribution in [0.5, 0.6) is 5.75 Å². The van der Waals surface area contributed by atoms with E-state index < -0.39 is 0 Å². The van der Waals surface area contributed by atoms with E-state index >= 15 is 0 Å². The molecule has 0 aromatic heterocycles. The molecule has 0 saturated heterocycles. The van der Waals surface area contributed by atoms with Crippen LogP contribution in [0.1, 0.15) is 73.8 Å². The Morgan fingerprint density at radius 1 is 0.970 bits per heavy atom. The maximum absolute atomic E-state index is 6.21. The largest absolute Gasteiger partial charge is 0.430 e. The Morgan fingerprint density at radius 3 is 2.33 bits per heavy atom. The van der Waals surface area contributed by atoms with Crippen molar-refractivity contribution in [1.82, 2.24) is 4.90 Å². The van der Waals surface area contributed by atoms with Gasteiger partial charge in [-0.2, -0.15) is 4.99 Å². The summed E-state index contributed by atoms with van der Waals surface area (Å²) in [6, 6.07) is 12.5. The first kappa shape index (κ1) is 27.0. The van der Waals surface area contributed by atoms with Crippen LogP contribution in [0.3, 0.4) is 0 Å². The fourth-order valence-corrected chi connectivity index (χ4v) is 3.94. The molecule has 0 bridgehead atoms. The number of aliphatic imine (C=N–C) groups is 1. The Labute approximate surface area is 206 Å². The minimum Gasteiger partial charge on any atom is -0.430 e. The van der Waals surface area contributed by atoms with Gasteiger partial charge in [-0.15, -0.1) is 0 Å². The van der Waals surface area contributed by atoms with Crippen molar-refractivity contribution in [3.8, 4) is 5.75 Å². The molecule has 5 heteroatoms. The molecular formula is C28H41N3OS. The standard InChI is InChI=1S/C28H41N3OS/c1-6-8-9-10-11-12-23-13-15-24(16-14-23)27(29)30-28(33)32-26-20-21(3)25(19-22(26)4)17-18-31(5)7-2/h13-16,19-20H,6-12,17-18H2,1-5H3,(H2,29,30,33). The van der Waals surface area contributed by atoms with Crippen molar-refractivity contribution in [2.24, 2.45) is 10.7 Å². The first-order valence-electron chi connectivity index (χ1n) is 12.3. The SMILES string of the molecule is CCCCCCCc1ccc(C(N)=NC(=S)Oc2cc(C)c(CCN(C)CC)cc2C)cc1. The third kappa shape index (κ3) is 9.26. The van der Waals surface area contributed by atoms with Gasteiger partial charge in [0.2, 0.25) is 0 Å². The summed E-state index contributed by atoms with van der Waals surface area (Å²) >= 11 is 5.37. The molecule has 2 rings (SSSR count). The van der Waals surface area contributed by atoms with E-state index in [1.807, 2.05) is 25.1 Å². The van der Waals surface area contributed by atoms with Crippen molar-refractivity contribution >= 4 is 23.2 Å². The number of hydrogen-bond donors (Lipinski definition) is 1. The first-order valence-corrected chi connectivity index (χ1v) is 12.7. The van der Waals surface area contributed by atoms with Crippen LogP contribution >= 0.6 is 12.2 Å². The first-order chi connectivity index (χ1) is 15.8. The smallest absolute Gasteiger partial charge is 0.290 e. The van der Waals surface area contributed by atoms with Crippen LogP contribution in [-0.4, -0.2) is 36.0 Å². The lowest BCUT2D eigenvalue weighted by molar-refractivity contribution is 0.357. The van der Waals surface area contributed by atoms with Gasteiger partial charge in [-0.1, -0.05) is 69.9 Å². The highest BCUT2D eigenvalue weighted by molar-refractivity contribution is 7.80. The third-order valence-corrected chi connectivity index (χ3v) is 6.34. The van der Waals surface area contributed by atoms with E-state index in [1.54, 1.807) is 0 Å². The summed E-state index contributed by atoms with van der Waals surface area (Å²) in [7, 11) is 2.14. The Kier molecular flexibility index (Phi) is 11.6. The fourth-order valence-electron chi connectivity index (χ4n) is 3.75. The van der Waals surface area contributed by atoms with Crippen LogP contribution in [0.25, 0.3) is 0 Å². The second kappa shape index (κ2) is 14.1. The molecule has 0 aliphatic carbocycles. The minimum absolute atomic E-state index is 0.133. The molecular weight excluding hydrogens is 426 g/mol. The number of thiocarbonyl (C=S) groups is 1. The van der Waals surface area contributed by atoms with Gasteiger partial charge in [0.15, 0.2) is 0 Å². The average molecular weight is 468 g/mol. The number of ether oxygens (including phenoxy) is 1. The zero-order valence-electron chi connectivity index (χ0n) is 21.1. The van der Waals surface area contributed by atoms with Crippen molar-refractivity contribution < 1.29 is 4.74 Å². The molecule has 0 amide bonds. The predicted octanol–water partition coefficient (Wildman–Crippen LogP) is 6.38. The van der Waals surface area contributed by atoms with E-state index in [-0.39, 0.29) is 5.17 Å². The number of unbranched alkanes of at least 4 members (excludes halogenated alkanes) is 4. The van der Waals surface area contributed by atoms with Crippen molar-refractivity contribution in [3.63, 3.8) is 0 Å². The predicted molar refractivity (Wildman–Crippen MR) is 146 cm³/mol. The maximum atomic E-state index is 6.21. The second-order valence-electron chi connectivity index (χ2n) is 8.92. The zero-order chi connectivity index (χ0) is 24.2. The van der Waals surface area contributed by atoms with Crippen LogP contribution in [0.15, 0.2) is 41.4 Å². The van der Waals surface area contributed by atoms with Gasteiger partial charge in [0, 0.05) is 12.1 Å². The summed E-state index contributed by atoms with van der Waals surface area (Å²) in [5, 5.41) is 0.133. The van der Waals surface area contributed by atoms with E-state index in [9.17, 15) is 0 Å². The summed E-state index contributed by atoms with van der Waals surface area (Å²) in [6.07, 6.45) is 8.57. The van der Waals surface area contributed by atoms with Crippen LogP contribution in [0, 0.1) is 13.8 Å². The molecule has 0 fully saturated rings. The summed E-state index contributed by atoms with van der Waals surface area (Å²) in [6.45, 7) is 10.7. The topological polar surface area (TPSA) is 50.9 Å². The molecule has 180 valence electrons. The Morgan fingerprint density at radius 2 is 1.67 bits per heavy atom. The van der Waals surface area contributed by atoms with E-state index in [4.69, 9.17) is 22.7 Å². The molecule has 0 aliphatic rings. The molecule has 0 unspecified atom stereocenters. The third-order valence-electron chi connectivity index (χ3n) is 6.16. The number of nitrogens with two attached hydrogens (primary N) is 1. The Hall–Kier alpha value is -2.24. The number of aryl methyl sites for hydroxylation is 3. The van der Waals surface area contributed by atoms with Crippen molar-refractivity contribution in [2.75, 3.05) is 20.1 Å². The van der Waals surface area contributed by atoms with Gasteiger partial charge in [-0.05, 0) is 87.2 Å². The van der Waals surface area contributed by atoms with Gasteiger partial charge in [0.25, 0.3) is 5.17 Å². The highest BCUT2D eigenvalue weighted by atomic mass is 32.1. The van der Waals surface area contributed by atoms with E-state index in [2.05, 4.69) is 55.9 Å². The summed E-state index contributed by atoms with van der Waals surface area (Å²) in [5.41, 5.74) is 12.0. The fraction of sp³-hybridized carbons (Fsp3) is 0.500. The summed E-state index contributed by atoms with van der Waals surface area (Å²) in [4.78, 5) is 6.64. The number of hydrogen-bond acceptors (Lipinski definition) is 3. The number of rotatable bonds is 12. The number of benzene rings is 2. The number of likely N-dealkylation sites (N-methyl/N-ethyl adjacent to an activating group) is 1.